The molecule has 0 amide bonds. The Kier molecular flexibility index (Phi) is 6.93. The lowest BCUT2D eigenvalue weighted by atomic mass is 9.93. The van der Waals surface area contributed by atoms with E-state index in [0.29, 0.717) is 0 Å². The smallest absolute Gasteiger partial charge is 0.215 e. The molecule has 1 aliphatic heterocycles. The van der Waals surface area contributed by atoms with Crippen LogP contribution in [0.4, 0.5) is 0 Å². The number of aromatic nitrogens is 3. The standard InChI is InChI=1S/C19H26N4O.2BrH/c1-19(2,3)17-14-23-16-7-5-4-6-15(16)22(18(23)20-17)9-8-21-10-12-24-13-11-21;;/h4-7,14H,8-13H2,1-3H3;2*1H. The first kappa shape index (κ1) is 21.4. The monoisotopic (exact) mass is 486 g/mol. The van der Waals surface area contributed by atoms with Crippen LogP contribution in [0.15, 0.2) is 30.5 Å². The average molecular weight is 488 g/mol. The van der Waals surface area contributed by atoms with Crippen molar-refractivity contribution < 1.29 is 4.74 Å². The van der Waals surface area contributed by atoms with Gasteiger partial charge < -0.3 is 9.30 Å². The number of nitrogens with zero attached hydrogens (tertiary/aromatic N) is 4. The van der Waals surface area contributed by atoms with Gasteiger partial charge in [-0.1, -0.05) is 32.9 Å². The summed E-state index contributed by atoms with van der Waals surface area (Å²) in [5, 5.41) is 0. The molecule has 26 heavy (non-hydrogen) atoms. The van der Waals surface area contributed by atoms with Crippen molar-refractivity contribution in [3.8, 4) is 0 Å². The maximum Gasteiger partial charge on any atom is 0.215 e. The highest BCUT2D eigenvalue weighted by Crippen LogP contribution is 2.26. The second-order valence-corrected chi connectivity index (χ2v) is 7.64. The molecule has 1 fully saturated rings. The number of rotatable bonds is 3. The van der Waals surface area contributed by atoms with Crippen molar-refractivity contribution in [2.45, 2.75) is 32.7 Å². The van der Waals surface area contributed by atoms with Gasteiger partial charge in [0, 0.05) is 37.8 Å². The number of hydrogen-bond acceptors (Lipinski definition) is 3. The predicted octanol–water partition coefficient (Wildman–Crippen LogP) is 4.07. The highest BCUT2D eigenvalue weighted by Gasteiger charge is 2.21. The average Bonchev–Trinajstić information content (AvgIpc) is 3.12. The Labute approximate surface area is 175 Å². The number of halogens is 2. The van der Waals surface area contributed by atoms with E-state index in [1.807, 2.05) is 0 Å². The van der Waals surface area contributed by atoms with Gasteiger partial charge >= 0.3 is 0 Å². The largest absolute Gasteiger partial charge is 0.379 e. The van der Waals surface area contributed by atoms with Crippen molar-refractivity contribution in [2.24, 2.45) is 0 Å². The molecule has 144 valence electrons. The van der Waals surface area contributed by atoms with Crippen LogP contribution in [0.1, 0.15) is 26.5 Å². The zero-order chi connectivity index (χ0) is 16.7. The summed E-state index contributed by atoms with van der Waals surface area (Å²) in [5.41, 5.74) is 3.69. The van der Waals surface area contributed by atoms with Crippen LogP contribution in [0, 0.1) is 0 Å². The molecule has 0 radical (unpaired) electrons. The van der Waals surface area contributed by atoms with E-state index in [0.717, 1.165) is 50.9 Å². The number of para-hydroxylation sites is 2. The molecule has 0 saturated carbocycles. The molecule has 3 aromatic rings. The van der Waals surface area contributed by atoms with Crippen LogP contribution in [-0.4, -0.2) is 51.7 Å². The SMILES string of the molecule is Br.Br.CC(C)(C)c1cn2c3ccccc3n(CCN3CCOCC3)c2n1. The van der Waals surface area contributed by atoms with Crippen molar-refractivity contribution in [3.63, 3.8) is 0 Å². The molecule has 1 aliphatic rings. The van der Waals surface area contributed by atoms with Gasteiger partial charge in [0.05, 0.1) is 29.9 Å². The predicted molar refractivity (Wildman–Crippen MR) is 117 cm³/mol. The van der Waals surface area contributed by atoms with Crippen LogP contribution < -0.4 is 0 Å². The van der Waals surface area contributed by atoms with E-state index in [2.05, 4.69) is 65.1 Å². The number of fused-ring (bicyclic) bond motifs is 3. The molecule has 0 aliphatic carbocycles. The normalized spacial score (nSPS) is 15.8. The van der Waals surface area contributed by atoms with Crippen LogP contribution in [-0.2, 0) is 16.7 Å². The molecule has 5 nitrogen and oxygen atoms in total. The molecule has 3 heterocycles. The first-order chi connectivity index (χ1) is 11.5. The minimum atomic E-state index is 0. The molecule has 0 spiro atoms. The topological polar surface area (TPSA) is 34.7 Å². The molecule has 0 unspecified atom stereocenters. The first-order valence-corrected chi connectivity index (χ1v) is 8.81. The molecular formula is C19H28Br2N4O. The van der Waals surface area contributed by atoms with Crippen LogP contribution in [0.3, 0.4) is 0 Å². The third-order valence-electron chi connectivity index (χ3n) is 4.87. The highest BCUT2D eigenvalue weighted by atomic mass is 79.9. The van der Waals surface area contributed by atoms with Crippen molar-refractivity contribution in [3.05, 3.63) is 36.2 Å². The van der Waals surface area contributed by atoms with Gasteiger partial charge in [-0.25, -0.2) is 4.98 Å². The van der Waals surface area contributed by atoms with Crippen LogP contribution in [0.5, 0.6) is 0 Å². The van der Waals surface area contributed by atoms with Gasteiger partial charge in [-0.3, -0.25) is 9.30 Å². The van der Waals surface area contributed by atoms with E-state index in [4.69, 9.17) is 9.72 Å². The Hall–Kier alpha value is -0.890. The molecule has 2 aromatic heterocycles. The molecule has 0 bridgehead atoms. The van der Waals surface area contributed by atoms with E-state index < -0.39 is 0 Å². The fourth-order valence-corrected chi connectivity index (χ4v) is 3.39. The Morgan fingerprint density at radius 3 is 2.31 bits per heavy atom. The number of benzene rings is 1. The van der Waals surface area contributed by atoms with Crippen molar-refractivity contribution >= 4 is 50.8 Å². The zero-order valence-corrected chi connectivity index (χ0v) is 19.1. The summed E-state index contributed by atoms with van der Waals surface area (Å²) in [5.74, 6) is 1.05. The molecule has 1 aromatic carbocycles. The van der Waals surface area contributed by atoms with Gasteiger partial charge in [-0.05, 0) is 12.1 Å². The number of imidazole rings is 2. The first-order valence-electron chi connectivity index (χ1n) is 8.81. The van der Waals surface area contributed by atoms with Crippen LogP contribution >= 0.6 is 34.0 Å². The lowest BCUT2D eigenvalue weighted by Crippen LogP contribution is -2.38. The van der Waals surface area contributed by atoms with Gasteiger partial charge in [-0.2, -0.15) is 0 Å². The molecule has 0 N–H and O–H groups in total. The molecule has 7 heteroatoms. The fourth-order valence-electron chi connectivity index (χ4n) is 3.39. The summed E-state index contributed by atoms with van der Waals surface area (Å²) in [6.07, 6.45) is 2.20. The Bertz CT molecular complexity index is 860. The second kappa shape index (κ2) is 8.42. The van der Waals surface area contributed by atoms with E-state index in [9.17, 15) is 0 Å². The van der Waals surface area contributed by atoms with Crippen molar-refractivity contribution in [1.29, 1.82) is 0 Å². The highest BCUT2D eigenvalue weighted by molar-refractivity contribution is 8.93. The summed E-state index contributed by atoms with van der Waals surface area (Å²) in [7, 11) is 0. The van der Waals surface area contributed by atoms with Crippen molar-refractivity contribution in [1.82, 2.24) is 18.9 Å². The number of morpholine rings is 1. The second-order valence-electron chi connectivity index (χ2n) is 7.64. The van der Waals surface area contributed by atoms with E-state index in [-0.39, 0.29) is 39.4 Å². The fraction of sp³-hybridized carbons (Fsp3) is 0.526. The number of hydrogen-bond donors (Lipinski definition) is 0. The van der Waals surface area contributed by atoms with Crippen LogP contribution in [0.2, 0.25) is 0 Å². The molecular weight excluding hydrogens is 460 g/mol. The number of ether oxygens (including phenoxy) is 1. The van der Waals surface area contributed by atoms with Gasteiger partial charge in [-0.15, -0.1) is 34.0 Å². The summed E-state index contributed by atoms with van der Waals surface area (Å²) >= 11 is 0. The molecule has 4 rings (SSSR count). The van der Waals surface area contributed by atoms with Gasteiger partial charge in [0.1, 0.15) is 0 Å². The minimum Gasteiger partial charge on any atom is -0.379 e. The van der Waals surface area contributed by atoms with Gasteiger partial charge in [0.25, 0.3) is 0 Å². The lowest BCUT2D eigenvalue weighted by Gasteiger charge is -2.26. The van der Waals surface area contributed by atoms with E-state index >= 15 is 0 Å². The Balaban J connectivity index is 0.00000121. The Morgan fingerprint density at radius 1 is 1.00 bits per heavy atom. The van der Waals surface area contributed by atoms with E-state index in [1.54, 1.807) is 0 Å². The maximum atomic E-state index is 5.45. The summed E-state index contributed by atoms with van der Waals surface area (Å²) < 4.78 is 10.1. The third-order valence-corrected chi connectivity index (χ3v) is 4.87. The lowest BCUT2D eigenvalue weighted by molar-refractivity contribution is 0.0366. The van der Waals surface area contributed by atoms with Gasteiger partial charge in [0.15, 0.2) is 0 Å². The minimum absolute atomic E-state index is 0. The maximum absolute atomic E-state index is 5.45. The molecule has 0 atom stereocenters. The Morgan fingerprint density at radius 2 is 1.65 bits per heavy atom. The van der Waals surface area contributed by atoms with Crippen molar-refractivity contribution in [2.75, 3.05) is 32.8 Å². The third kappa shape index (κ3) is 4.01. The molecule has 1 saturated heterocycles. The quantitative estimate of drug-likeness (QED) is 0.558. The van der Waals surface area contributed by atoms with Crippen LogP contribution in [0.25, 0.3) is 16.8 Å². The zero-order valence-electron chi connectivity index (χ0n) is 15.6. The summed E-state index contributed by atoms with van der Waals surface area (Å²) in [6.45, 7) is 12.4. The van der Waals surface area contributed by atoms with Gasteiger partial charge in [0.2, 0.25) is 5.78 Å². The summed E-state index contributed by atoms with van der Waals surface area (Å²) in [4.78, 5) is 7.44. The van der Waals surface area contributed by atoms with E-state index in [1.165, 1.54) is 11.0 Å². The summed E-state index contributed by atoms with van der Waals surface area (Å²) in [6, 6.07) is 8.59.